The molecule has 20 heavy (non-hydrogen) atoms. The van der Waals surface area contributed by atoms with Crippen LogP contribution in [0.5, 0.6) is 11.5 Å². The van der Waals surface area contributed by atoms with E-state index in [1.165, 1.54) is 24.8 Å². The van der Waals surface area contributed by atoms with E-state index in [0.717, 1.165) is 42.0 Å². The van der Waals surface area contributed by atoms with Crippen LogP contribution in [0.15, 0.2) is 17.3 Å². The molecule has 0 aromatic heterocycles. The van der Waals surface area contributed by atoms with Gasteiger partial charge in [-0.25, -0.2) is 0 Å². The molecule has 1 spiro atoms. The second-order valence-corrected chi connectivity index (χ2v) is 5.82. The number of hydrogen-bond acceptors (Lipinski definition) is 4. The standard InChI is InChI=1S/C16H21NO3/c1-19-11-8-12-15(14(9-11)20-2)13(17-18)10-16(12)6-4-3-5-7-16/h8-9,18H,3-7,10H2,1-2H3/b17-13-. The third kappa shape index (κ3) is 1.86. The Labute approximate surface area is 119 Å². The average molecular weight is 275 g/mol. The predicted molar refractivity (Wildman–Crippen MR) is 77.2 cm³/mol. The largest absolute Gasteiger partial charge is 0.497 e. The highest BCUT2D eigenvalue weighted by Crippen LogP contribution is 2.52. The summed E-state index contributed by atoms with van der Waals surface area (Å²) in [6.45, 7) is 0. The molecule has 1 saturated carbocycles. The van der Waals surface area contributed by atoms with E-state index in [1.54, 1.807) is 14.2 Å². The molecule has 0 bridgehead atoms. The fraction of sp³-hybridized carbons (Fsp3) is 0.562. The molecular formula is C16H21NO3. The van der Waals surface area contributed by atoms with Gasteiger partial charge in [-0.3, -0.25) is 0 Å². The lowest BCUT2D eigenvalue weighted by molar-refractivity contribution is 0.297. The van der Waals surface area contributed by atoms with Crippen molar-refractivity contribution in [3.63, 3.8) is 0 Å². The van der Waals surface area contributed by atoms with Gasteiger partial charge in [0.25, 0.3) is 0 Å². The molecule has 1 aromatic rings. The summed E-state index contributed by atoms with van der Waals surface area (Å²) in [5.74, 6) is 1.55. The van der Waals surface area contributed by atoms with E-state index in [9.17, 15) is 5.21 Å². The fourth-order valence-electron chi connectivity index (χ4n) is 3.85. The maximum atomic E-state index is 9.37. The Morgan fingerprint density at radius 2 is 1.85 bits per heavy atom. The average Bonchev–Trinajstić information content (AvgIpc) is 2.81. The van der Waals surface area contributed by atoms with Crippen molar-refractivity contribution in [2.45, 2.75) is 43.9 Å². The highest BCUT2D eigenvalue weighted by molar-refractivity contribution is 6.08. The number of rotatable bonds is 2. The molecule has 0 atom stereocenters. The van der Waals surface area contributed by atoms with Gasteiger partial charge in [0.1, 0.15) is 11.5 Å². The van der Waals surface area contributed by atoms with Crippen LogP contribution >= 0.6 is 0 Å². The van der Waals surface area contributed by atoms with Gasteiger partial charge in [-0.15, -0.1) is 0 Å². The molecular weight excluding hydrogens is 254 g/mol. The molecule has 1 aromatic carbocycles. The van der Waals surface area contributed by atoms with Gasteiger partial charge in [-0.1, -0.05) is 24.4 Å². The quantitative estimate of drug-likeness (QED) is 0.664. The molecule has 0 aliphatic heterocycles. The van der Waals surface area contributed by atoms with Gasteiger partial charge < -0.3 is 14.7 Å². The Bertz CT molecular complexity index is 545. The van der Waals surface area contributed by atoms with Crippen LogP contribution in [0.4, 0.5) is 0 Å². The zero-order valence-electron chi connectivity index (χ0n) is 12.1. The molecule has 0 amide bonds. The second kappa shape index (κ2) is 5.00. The van der Waals surface area contributed by atoms with Crippen LogP contribution < -0.4 is 9.47 Å². The minimum atomic E-state index is 0.108. The fourth-order valence-corrected chi connectivity index (χ4v) is 3.85. The van der Waals surface area contributed by atoms with E-state index >= 15 is 0 Å². The topological polar surface area (TPSA) is 51.0 Å². The van der Waals surface area contributed by atoms with Crippen molar-refractivity contribution in [3.8, 4) is 11.5 Å². The van der Waals surface area contributed by atoms with Gasteiger partial charge in [-0.05, 0) is 24.5 Å². The first-order chi connectivity index (χ1) is 9.74. The van der Waals surface area contributed by atoms with Crippen LogP contribution in [0.1, 0.15) is 49.7 Å². The zero-order valence-corrected chi connectivity index (χ0v) is 12.1. The van der Waals surface area contributed by atoms with Gasteiger partial charge in [0, 0.05) is 23.5 Å². The summed E-state index contributed by atoms with van der Waals surface area (Å²) in [7, 11) is 3.32. The maximum absolute atomic E-state index is 9.37. The van der Waals surface area contributed by atoms with Crippen molar-refractivity contribution in [3.05, 3.63) is 23.3 Å². The molecule has 4 nitrogen and oxygen atoms in total. The Balaban J connectivity index is 2.20. The maximum Gasteiger partial charge on any atom is 0.132 e. The Hall–Kier alpha value is -1.71. The summed E-state index contributed by atoms with van der Waals surface area (Å²) in [6.07, 6.45) is 6.87. The molecule has 2 aliphatic carbocycles. The lowest BCUT2D eigenvalue weighted by atomic mass is 9.70. The summed E-state index contributed by atoms with van der Waals surface area (Å²) in [5.41, 5.74) is 3.07. The highest BCUT2D eigenvalue weighted by Gasteiger charge is 2.44. The monoisotopic (exact) mass is 275 g/mol. The second-order valence-electron chi connectivity index (χ2n) is 5.82. The molecule has 4 heteroatoms. The molecule has 0 radical (unpaired) electrons. The smallest absolute Gasteiger partial charge is 0.132 e. The lowest BCUT2D eigenvalue weighted by Crippen LogP contribution is -2.26. The van der Waals surface area contributed by atoms with E-state index in [4.69, 9.17) is 9.47 Å². The number of hydrogen-bond donors (Lipinski definition) is 1. The van der Waals surface area contributed by atoms with Crippen molar-refractivity contribution in [2.24, 2.45) is 5.16 Å². The molecule has 1 N–H and O–H groups in total. The summed E-state index contributed by atoms with van der Waals surface area (Å²) in [5, 5.41) is 12.9. The molecule has 1 fully saturated rings. The van der Waals surface area contributed by atoms with Crippen LogP contribution in [0, 0.1) is 0 Å². The Morgan fingerprint density at radius 3 is 2.45 bits per heavy atom. The zero-order chi connectivity index (χ0) is 14.2. The Morgan fingerprint density at radius 1 is 1.10 bits per heavy atom. The molecule has 0 heterocycles. The van der Waals surface area contributed by atoms with Crippen molar-refractivity contribution in [2.75, 3.05) is 14.2 Å². The minimum absolute atomic E-state index is 0.108. The molecule has 0 unspecified atom stereocenters. The van der Waals surface area contributed by atoms with Crippen LogP contribution in [-0.4, -0.2) is 25.1 Å². The number of benzene rings is 1. The molecule has 0 saturated heterocycles. The number of nitrogens with zero attached hydrogens (tertiary/aromatic N) is 1. The van der Waals surface area contributed by atoms with E-state index in [0.29, 0.717) is 0 Å². The van der Waals surface area contributed by atoms with Gasteiger partial charge in [0.05, 0.1) is 19.9 Å². The first-order valence-electron chi connectivity index (χ1n) is 7.22. The van der Waals surface area contributed by atoms with Gasteiger partial charge >= 0.3 is 0 Å². The van der Waals surface area contributed by atoms with E-state index in [2.05, 4.69) is 11.2 Å². The predicted octanol–water partition coefficient (Wildman–Crippen LogP) is 3.49. The summed E-state index contributed by atoms with van der Waals surface area (Å²) < 4.78 is 10.9. The van der Waals surface area contributed by atoms with Crippen LogP contribution in [0.2, 0.25) is 0 Å². The van der Waals surface area contributed by atoms with Gasteiger partial charge in [0.15, 0.2) is 0 Å². The SMILES string of the molecule is COc1cc(OC)c2c(c1)C1(CCCCC1)C/C2=N/O. The van der Waals surface area contributed by atoms with Gasteiger partial charge in [0.2, 0.25) is 0 Å². The van der Waals surface area contributed by atoms with E-state index < -0.39 is 0 Å². The number of ether oxygens (including phenoxy) is 2. The van der Waals surface area contributed by atoms with Crippen molar-refractivity contribution < 1.29 is 14.7 Å². The molecule has 2 aliphatic rings. The first kappa shape index (κ1) is 13.3. The normalized spacial score (nSPS) is 22.0. The number of fused-ring (bicyclic) bond motifs is 2. The van der Waals surface area contributed by atoms with Crippen molar-refractivity contribution in [1.29, 1.82) is 0 Å². The summed E-state index contributed by atoms with van der Waals surface area (Å²) >= 11 is 0. The lowest BCUT2D eigenvalue weighted by Gasteiger charge is -2.34. The van der Waals surface area contributed by atoms with Gasteiger partial charge in [-0.2, -0.15) is 0 Å². The van der Waals surface area contributed by atoms with Crippen LogP contribution in [-0.2, 0) is 5.41 Å². The minimum Gasteiger partial charge on any atom is -0.497 e. The van der Waals surface area contributed by atoms with Crippen LogP contribution in [0.25, 0.3) is 0 Å². The molecule has 3 rings (SSSR count). The number of methoxy groups -OCH3 is 2. The Kier molecular flexibility index (Phi) is 3.32. The molecule has 108 valence electrons. The first-order valence-corrected chi connectivity index (χ1v) is 7.22. The van der Waals surface area contributed by atoms with E-state index in [1.807, 2.05) is 6.07 Å². The van der Waals surface area contributed by atoms with Crippen LogP contribution in [0.3, 0.4) is 0 Å². The van der Waals surface area contributed by atoms with Crippen molar-refractivity contribution in [1.82, 2.24) is 0 Å². The third-order valence-corrected chi connectivity index (χ3v) is 4.83. The summed E-state index contributed by atoms with van der Waals surface area (Å²) in [4.78, 5) is 0. The summed E-state index contributed by atoms with van der Waals surface area (Å²) in [6, 6.07) is 3.97. The third-order valence-electron chi connectivity index (χ3n) is 4.83. The number of oxime groups is 1. The van der Waals surface area contributed by atoms with Crippen molar-refractivity contribution >= 4 is 5.71 Å². The highest BCUT2D eigenvalue weighted by atomic mass is 16.5. The van der Waals surface area contributed by atoms with E-state index in [-0.39, 0.29) is 5.41 Å².